The van der Waals surface area contributed by atoms with Crippen LogP contribution in [0.4, 0.5) is 0 Å². The van der Waals surface area contributed by atoms with Crippen LogP contribution in [-0.2, 0) is 9.59 Å². The fourth-order valence-corrected chi connectivity index (χ4v) is 2.24. The summed E-state index contributed by atoms with van der Waals surface area (Å²) in [4.78, 5) is 21.4. The molecule has 0 spiro atoms. The zero-order valence-electron chi connectivity index (χ0n) is 14.7. The Bertz CT molecular complexity index is 246. The molecule has 0 saturated heterocycles. The molecule has 0 aromatic carbocycles. The Morgan fingerprint density at radius 3 is 1.50 bits per heavy atom. The first-order chi connectivity index (χ1) is 10.2. The molecular weight excluding hydrogens is 280 g/mol. The van der Waals surface area contributed by atoms with Crippen molar-refractivity contribution in [3.63, 3.8) is 0 Å². The van der Waals surface area contributed by atoms with E-state index in [1.54, 1.807) is 0 Å². The third kappa shape index (κ3) is 24.1. The summed E-state index contributed by atoms with van der Waals surface area (Å²) in [5, 5.41) is 8.44. The van der Waals surface area contributed by atoms with Crippen molar-refractivity contribution < 1.29 is 14.7 Å². The summed E-state index contributed by atoms with van der Waals surface area (Å²) in [5.74, 6) is -1.14. The predicted molar refractivity (Wildman–Crippen MR) is 93.5 cm³/mol. The van der Waals surface area contributed by atoms with Crippen LogP contribution in [0.25, 0.3) is 0 Å². The molecule has 0 aliphatic rings. The highest BCUT2D eigenvalue weighted by Crippen LogP contribution is 2.12. The molecule has 0 aliphatic carbocycles. The maximum Gasteiger partial charge on any atom is 0.310 e. The second-order valence-corrected chi connectivity index (χ2v) is 5.39. The number of ketones is 1. The summed E-state index contributed by atoms with van der Waals surface area (Å²) >= 11 is 0. The molecule has 0 radical (unpaired) electrons. The highest BCUT2D eigenvalue weighted by molar-refractivity contribution is 5.94. The second kappa shape index (κ2) is 22.3. The number of hydrogen-bond donors (Lipinski definition) is 3. The molecule has 5 heteroatoms. The molecule has 0 saturated carbocycles. The molecule has 5 nitrogen and oxygen atoms in total. The smallest absolute Gasteiger partial charge is 0.310 e. The van der Waals surface area contributed by atoms with Crippen molar-refractivity contribution in [1.29, 1.82) is 0 Å². The van der Waals surface area contributed by atoms with Gasteiger partial charge < -0.3 is 17.0 Å². The fourth-order valence-electron chi connectivity index (χ4n) is 2.24. The number of nitrogens with two attached hydrogens (primary N) is 1. The molecule has 6 N–H and O–H groups in total. The highest BCUT2D eigenvalue weighted by Gasteiger charge is 2.06. The van der Waals surface area contributed by atoms with Gasteiger partial charge in [-0.25, -0.2) is 0 Å². The minimum atomic E-state index is -1.01. The number of hydrogen-bond acceptors (Lipinski definition) is 4. The van der Waals surface area contributed by atoms with Crippen molar-refractivity contribution in [2.24, 2.45) is 5.73 Å². The van der Waals surface area contributed by atoms with Gasteiger partial charge in [-0.15, -0.1) is 0 Å². The summed E-state index contributed by atoms with van der Waals surface area (Å²) in [7, 11) is 1.50. The lowest BCUT2D eigenvalue weighted by Crippen LogP contribution is -2.05. The minimum absolute atomic E-state index is 0. The number of aliphatic carboxylic acids is 1. The van der Waals surface area contributed by atoms with Crippen LogP contribution in [0.3, 0.4) is 0 Å². The lowest BCUT2D eigenvalue weighted by Gasteiger charge is -2.02. The highest BCUT2D eigenvalue weighted by atomic mass is 16.4. The van der Waals surface area contributed by atoms with Gasteiger partial charge in [0.1, 0.15) is 12.2 Å². The first kappa shape index (κ1) is 26.0. The lowest BCUT2D eigenvalue weighted by molar-refractivity contribution is -0.140. The van der Waals surface area contributed by atoms with Crippen LogP contribution in [0, 0.1) is 0 Å². The van der Waals surface area contributed by atoms with E-state index >= 15 is 0 Å². The SMILES string of the molecule is CCCCCCCCCCCCCC(=O)CC(=O)O.CN.N. The Kier molecular flexibility index (Phi) is 26.4. The van der Waals surface area contributed by atoms with E-state index in [0.717, 1.165) is 12.8 Å². The molecule has 22 heavy (non-hydrogen) atoms. The zero-order chi connectivity index (χ0) is 16.3. The number of rotatable bonds is 14. The number of carboxylic acids is 1. The van der Waals surface area contributed by atoms with Crippen molar-refractivity contribution in [3.05, 3.63) is 0 Å². The molecule has 0 fully saturated rings. The maximum atomic E-state index is 11.1. The standard InChI is InChI=1S/C16H30O3.CH5N.H3N/c1-2-3-4-5-6-7-8-9-10-11-12-13-15(17)14-16(18)19;1-2;/h2-14H2,1H3,(H,18,19);2H2,1H3;1H3. The van der Waals surface area contributed by atoms with E-state index in [0.29, 0.717) is 6.42 Å². The molecule has 0 unspecified atom stereocenters. The van der Waals surface area contributed by atoms with Crippen LogP contribution in [0.15, 0.2) is 0 Å². The summed E-state index contributed by atoms with van der Waals surface area (Å²) in [6, 6.07) is 0. The summed E-state index contributed by atoms with van der Waals surface area (Å²) in [5.41, 5.74) is 4.50. The maximum absolute atomic E-state index is 11.1. The third-order valence-corrected chi connectivity index (χ3v) is 3.41. The number of carbonyl (C=O) groups excluding carboxylic acids is 1. The van der Waals surface area contributed by atoms with Crippen LogP contribution in [0.2, 0.25) is 0 Å². The predicted octanol–water partition coefficient (Wildman–Crippen LogP) is 4.47. The van der Waals surface area contributed by atoms with E-state index in [1.807, 2.05) is 0 Å². The van der Waals surface area contributed by atoms with Crippen molar-refractivity contribution in [2.45, 2.75) is 90.4 Å². The van der Waals surface area contributed by atoms with Crippen LogP contribution in [-0.4, -0.2) is 23.9 Å². The number of Topliss-reactive ketones (excluding diaryl/α,β-unsaturated/α-hetero) is 1. The van der Waals surface area contributed by atoms with Crippen LogP contribution >= 0.6 is 0 Å². The number of carbonyl (C=O) groups is 2. The van der Waals surface area contributed by atoms with Gasteiger partial charge in [-0.05, 0) is 13.5 Å². The van der Waals surface area contributed by atoms with E-state index in [1.165, 1.54) is 64.8 Å². The Hall–Kier alpha value is -0.940. The third-order valence-electron chi connectivity index (χ3n) is 3.41. The first-order valence-electron chi connectivity index (χ1n) is 8.48. The van der Waals surface area contributed by atoms with Gasteiger partial charge >= 0.3 is 5.97 Å². The normalized spacial score (nSPS) is 9.41. The molecule has 0 bridgehead atoms. The van der Waals surface area contributed by atoms with Crippen molar-refractivity contribution in [2.75, 3.05) is 7.05 Å². The quantitative estimate of drug-likeness (QED) is 0.323. The number of carboxylic acid groups (broad SMARTS) is 1. The van der Waals surface area contributed by atoms with E-state index in [4.69, 9.17) is 5.11 Å². The van der Waals surface area contributed by atoms with Gasteiger partial charge in [0, 0.05) is 6.42 Å². The van der Waals surface area contributed by atoms with Crippen molar-refractivity contribution in [3.8, 4) is 0 Å². The van der Waals surface area contributed by atoms with E-state index < -0.39 is 5.97 Å². The molecule has 0 aromatic rings. The average Bonchev–Trinajstić information content (AvgIpc) is 2.46. The second-order valence-electron chi connectivity index (χ2n) is 5.39. The largest absolute Gasteiger partial charge is 0.481 e. The zero-order valence-corrected chi connectivity index (χ0v) is 14.7. The topological polar surface area (TPSA) is 115 Å². The van der Waals surface area contributed by atoms with Gasteiger partial charge in [-0.3, -0.25) is 9.59 Å². The van der Waals surface area contributed by atoms with Crippen LogP contribution < -0.4 is 11.9 Å². The van der Waals surface area contributed by atoms with Gasteiger partial charge in [0.15, 0.2) is 0 Å². The fraction of sp³-hybridized carbons (Fsp3) is 0.882. The molecule has 0 aromatic heterocycles. The van der Waals surface area contributed by atoms with Gasteiger partial charge in [0.2, 0.25) is 0 Å². The Morgan fingerprint density at radius 1 is 0.773 bits per heavy atom. The molecule has 134 valence electrons. The molecule has 0 aliphatic heterocycles. The summed E-state index contributed by atoms with van der Waals surface area (Å²) < 4.78 is 0. The van der Waals surface area contributed by atoms with E-state index in [9.17, 15) is 9.59 Å². The monoisotopic (exact) mass is 318 g/mol. The Morgan fingerprint density at radius 2 is 1.14 bits per heavy atom. The van der Waals surface area contributed by atoms with Crippen LogP contribution in [0.1, 0.15) is 90.4 Å². The minimum Gasteiger partial charge on any atom is -0.481 e. The molecule has 0 heterocycles. The Balaban J connectivity index is -0.00000115. The van der Waals surface area contributed by atoms with Gasteiger partial charge in [0.25, 0.3) is 0 Å². The van der Waals surface area contributed by atoms with Gasteiger partial charge in [-0.2, -0.15) is 0 Å². The lowest BCUT2D eigenvalue weighted by atomic mass is 10.0. The average molecular weight is 319 g/mol. The molecule has 0 atom stereocenters. The van der Waals surface area contributed by atoms with Crippen molar-refractivity contribution in [1.82, 2.24) is 6.15 Å². The Labute approximate surface area is 136 Å². The van der Waals surface area contributed by atoms with Gasteiger partial charge in [-0.1, -0.05) is 71.1 Å². The molecule has 0 rings (SSSR count). The first-order valence-corrected chi connectivity index (χ1v) is 8.48. The van der Waals surface area contributed by atoms with E-state index in [2.05, 4.69) is 12.7 Å². The molecular formula is C17H38N2O3. The van der Waals surface area contributed by atoms with Gasteiger partial charge in [0.05, 0.1) is 0 Å². The van der Waals surface area contributed by atoms with Crippen LogP contribution in [0.5, 0.6) is 0 Å². The summed E-state index contributed by atoms with van der Waals surface area (Å²) in [6.07, 6.45) is 13.9. The molecule has 0 amide bonds. The van der Waals surface area contributed by atoms with E-state index in [-0.39, 0.29) is 18.4 Å². The summed E-state index contributed by atoms with van der Waals surface area (Å²) in [6.45, 7) is 2.24. The van der Waals surface area contributed by atoms with Crippen molar-refractivity contribution >= 4 is 11.8 Å². The number of unbranched alkanes of at least 4 members (excludes halogenated alkanes) is 10.